The molecule has 0 aliphatic heterocycles. The maximum atomic E-state index is 6.13. The minimum Gasteiger partial charge on any atom is -0.490 e. The number of rotatable bonds is 7. The number of hydrogen-bond donors (Lipinski definition) is 1. The molecule has 0 bridgehead atoms. The molecule has 1 fully saturated rings. The van der Waals surface area contributed by atoms with Crippen molar-refractivity contribution in [3.8, 4) is 5.75 Å². The van der Waals surface area contributed by atoms with Gasteiger partial charge in [-0.05, 0) is 38.7 Å². The largest absolute Gasteiger partial charge is 0.490 e. The lowest BCUT2D eigenvalue weighted by molar-refractivity contribution is 0.206. The summed E-state index contributed by atoms with van der Waals surface area (Å²) >= 11 is 0. The molecule has 2 nitrogen and oxygen atoms in total. The van der Waals surface area contributed by atoms with E-state index in [1.165, 1.54) is 30.4 Å². The molecule has 0 saturated heterocycles. The van der Waals surface area contributed by atoms with Crippen molar-refractivity contribution < 1.29 is 4.74 Å². The van der Waals surface area contributed by atoms with Gasteiger partial charge in [-0.2, -0.15) is 0 Å². The first-order valence-corrected chi connectivity index (χ1v) is 7.19. The fraction of sp³-hybridized carbons (Fsp3) is 0.625. The van der Waals surface area contributed by atoms with Crippen LogP contribution in [0.15, 0.2) is 18.2 Å². The highest BCUT2D eigenvalue weighted by molar-refractivity contribution is 5.41. The van der Waals surface area contributed by atoms with Gasteiger partial charge in [0.1, 0.15) is 5.75 Å². The molecular weight excluding hydrogens is 222 g/mol. The number of ether oxygens (including phenoxy) is 1. The number of para-hydroxylation sites is 1. The van der Waals surface area contributed by atoms with E-state index in [9.17, 15) is 0 Å². The third-order valence-electron chi connectivity index (χ3n) is 3.47. The average molecular weight is 247 g/mol. The molecule has 0 heterocycles. The second-order valence-electron chi connectivity index (χ2n) is 5.44. The summed E-state index contributed by atoms with van der Waals surface area (Å²) in [5.74, 6) is 1.09. The topological polar surface area (TPSA) is 21.3 Å². The molecule has 1 unspecified atom stereocenters. The normalized spacial score (nSPS) is 16.6. The lowest BCUT2D eigenvalue weighted by Crippen LogP contribution is -2.18. The zero-order chi connectivity index (χ0) is 13.0. The molecule has 1 aromatic rings. The van der Waals surface area contributed by atoms with Crippen molar-refractivity contribution in [2.45, 2.75) is 65.1 Å². The molecule has 1 atom stereocenters. The first kappa shape index (κ1) is 13.4. The Morgan fingerprint density at radius 1 is 1.39 bits per heavy atom. The molecule has 0 amide bonds. The van der Waals surface area contributed by atoms with Crippen LogP contribution in [0.25, 0.3) is 0 Å². The Morgan fingerprint density at radius 3 is 2.83 bits per heavy atom. The number of nitrogens with one attached hydrogen (secondary N) is 1. The third-order valence-corrected chi connectivity index (χ3v) is 3.47. The van der Waals surface area contributed by atoms with E-state index in [4.69, 9.17) is 4.74 Å². The van der Waals surface area contributed by atoms with E-state index in [1.54, 1.807) is 0 Å². The summed E-state index contributed by atoms with van der Waals surface area (Å²) in [6, 6.07) is 7.17. The van der Waals surface area contributed by atoms with E-state index in [0.29, 0.717) is 6.10 Å². The minimum atomic E-state index is 0.302. The summed E-state index contributed by atoms with van der Waals surface area (Å²) in [4.78, 5) is 0. The van der Waals surface area contributed by atoms with Crippen molar-refractivity contribution in [1.82, 2.24) is 5.32 Å². The van der Waals surface area contributed by atoms with E-state index in [-0.39, 0.29) is 0 Å². The Kier molecular flexibility index (Phi) is 4.65. The Balaban J connectivity index is 2.04. The number of benzene rings is 1. The molecule has 1 aliphatic rings. The first-order chi connectivity index (χ1) is 8.70. The van der Waals surface area contributed by atoms with Crippen LogP contribution in [-0.4, -0.2) is 12.1 Å². The quantitative estimate of drug-likeness (QED) is 0.791. The Labute approximate surface area is 111 Å². The van der Waals surface area contributed by atoms with Crippen LogP contribution in [0.5, 0.6) is 5.75 Å². The summed E-state index contributed by atoms with van der Waals surface area (Å²) < 4.78 is 6.13. The van der Waals surface area contributed by atoms with Crippen molar-refractivity contribution in [2.24, 2.45) is 0 Å². The predicted molar refractivity (Wildman–Crippen MR) is 76.0 cm³/mol. The molecular formula is C16H25NO. The predicted octanol–water partition coefficient (Wildman–Crippen LogP) is 3.81. The van der Waals surface area contributed by atoms with E-state index in [2.05, 4.69) is 44.3 Å². The molecule has 0 radical (unpaired) electrons. The van der Waals surface area contributed by atoms with Gasteiger partial charge in [0, 0.05) is 18.2 Å². The molecule has 1 N–H and O–H groups in total. The zero-order valence-electron chi connectivity index (χ0n) is 11.8. The van der Waals surface area contributed by atoms with Gasteiger partial charge in [0.05, 0.1) is 6.10 Å². The standard InChI is InChI=1S/C16H25NO/c1-4-6-13(3)18-16-12(2)7-5-8-14(16)11-17-15-9-10-15/h5,7-8,13,15,17H,4,6,9-11H2,1-3H3. The smallest absolute Gasteiger partial charge is 0.127 e. The molecule has 0 spiro atoms. The Hall–Kier alpha value is -1.02. The zero-order valence-corrected chi connectivity index (χ0v) is 11.8. The van der Waals surface area contributed by atoms with Gasteiger partial charge in [-0.1, -0.05) is 31.5 Å². The highest BCUT2D eigenvalue weighted by Crippen LogP contribution is 2.27. The maximum absolute atomic E-state index is 6.13. The van der Waals surface area contributed by atoms with Crippen molar-refractivity contribution in [2.75, 3.05) is 0 Å². The van der Waals surface area contributed by atoms with Gasteiger partial charge in [0.2, 0.25) is 0 Å². The molecule has 2 rings (SSSR count). The average Bonchev–Trinajstić information content (AvgIpc) is 3.14. The molecule has 100 valence electrons. The minimum absolute atomic E-state index is 0.302. The second-order valence-corrected chi connectivity index (χ2v) is 5.44. The highest BCUT2D eigenvalue weighted by atomic mass is 16.5. The number of aryl methyl sites for hydroxylation is 1. The van der Waals surface area contributed by atoms with Crippen molar-refractivity contribution in [3.63, 3.8) is 0 Å². The van der Waals surface area contributed by atoms with Crippen LogP contribution in [-0.2, 0) is 6.54 Å². The lowest BCUT2D eigenvalue weighted by Gasteiger charge is -2.19. The summed E-state index contributed by atoms with van der Waals surface area (Å²) in [6.45, 7) is 7.43. The monoisotopic (exact) mass is 247 g/mol. The number of hydrogen-bond acceptors (Lipinski definition) is 2. The molecule has 1 aromatic carbocycles. The van der Waals surface area contributed by atoms with Crippen LogP contribution >= 0.6 is 0 Å². The maximum Gasteiger partial charge on any atom is 0.127 e. The molecule has 1 aliphatic carbocycles. The van der Waals surface area contributed by atoms with Gasteiger partial charge in [-0.15, -0.1) is 0 Å². The van der Waals surface area contributed by atoms with Gasteiger partial charge in [-0.3, -0.25) is 0 Å². The second kappa shape index (κ2) is 6.24. The van der Waals surface area contributed by atoms with Crippen LogP contribution < -0.4 is 10.1 Å². The van der Waals surface area contributed by atoms with E-state index >= 15 is 0 Å². The van der Waals surface area contributed by atoms with Crippen molar-refractivity contribution in [1.29, 1.82) is 0 Å². The Bertz CT molecular complexity index is 385. The summed E-state index contributed by atoms with van der Waals surface area (Å²) in [7, 11) is 0. The van der Waals surface area contributed by atoms with Crippen molar-refractivity contribution >= 4 is 0 Å². The van der Waals surface area contributed by atoms with Gasteiger partial charge in [0.25, 0.3) is 0 Å². The fourth-order valence-electron chi connectivity index (χ4n) is 2.23. The van der Waals surface area contributed by atoms with Crippen LogP contribution in [0.4, 0.5) is 0 Å². The molecule has 0 aromatic heterocycles. The molecule has 18 heavy (non-hydrogen) atoms. The summed E-state index contributed by atoms with van der Waals surface area (Å²) in [5, 5.41) is 3.57. The Morgan fingerprint density at radius 2 is 2.17 bits per heavy atom. The first-order valence-electron chi connectivity index (χ1n) is 7.19. The van der Waals surface area contributed by atoms with Gasteiger partial charge in [-0.25, -0.2) is 0 Å². The van der Waals surface area contributed by atoms with Gasteiger partial charge >= 0.3 is 0 Å². The third kappa shape index (κ3) is 3.74. The van der Waals surface area contributed by atoms with Crippen LogP contribution in [0.1, 0.15) is 50.7 Å². The van der Waals surface area contributed by atoms with Gasteiger partial charge < -0.3 is 10.1 Å². The van der Waals surface area contributed by atoms with Gasteiger partial charge in [0.15, 0.2) is 0 Å². The SMILES string of the molecule is CCCC(C)Oc1c(C)cccc1CNC1CC1. The van der Waals surface area contributed by atoms with Crippen LogP contribution in [0.3, 0.4) is 0 Å². The van der Waals surface area contributed by atoms with E-state index in [1.807, 2.05) is 0 Å². The fourth-order valence-corrected chi connectivity index (χ4v) is 2.23. The van der Waals surface area contributed by atoms with E-state index < -0.39 is 0 Å². The highest BCUT2D eigenvalue weighted by Gasteiger charge is 2.21. The summed E-state index contributed by atoms with van der Waals surface area (Å²) in [6.07, 6.45) is 5.24. The van der Waals surface area contributed by atoms with Crippen LogP contribution in [0, 0.1) is 6.92 Å². The van der Waals surface area contributed by atoms with Crippen molar-refractivity contribution in [3.05, 3.63) is 29.3 Å². The van der Waals surface area contributed by atoms with Crippen LogP contribution in [0.2, 0.25) is 0 Å². The molecule has 2 heteroatoms. The lowest BCUT2D eigenvalue weighted by atomic mass is 10.1. The summed E-state index contributed by atoms with van der Waals surface area (Å²) in [5.41, 5.74) is 2.54. The molecule has 1 saturated carbocycles. The van der Waals surface area contributed by atoms with E-state index in [0.717, 1.165) is 24.8 Å².